The molecule has 5 heteroatoms. The topological polar surface area (TPSA) is 75.0 Å². The molecule has 5 nitrogen and oxygen atoms in total. The van der Waals surface area contributed by atoms with E-state index in [0.29, 0.717) is 12.1 Å². The van der Waals surface area contributed by atoms with Crippen molar-refractivity contribution in [1.82, 2.24) is 10.3 Å². The lowest BCUT2D eigenvalue weighted by Crippen LogP contribution is -2.28. The van der Waals surface area contributed by atoms with E-state index in [1.54, 1.807) is 25.3 Å². The third-order valence-corrected chi connectivity index (χ3v) is 2.00. The number of carbonyl (C=O) groups excluding carboxylic acids is 1. The Hall–Kier alpha value is -2.09. The Morgan fingerprint density at radius 2 is 2.50 bits per heavy atom. The molecule has 0 bridgehead atoms. The van der Waals surface area contributed by atoms with E-state index >= 15 is 0 Å². The summed E-state index contributed by atoms with van der Waals surface area (Å²) in [5.41, 5.74) is 0.370. The summed E-state index contributed by atoms with van der Waals surface area (Å²) >= 11 is 0. The Morgan fingerprint density at radius 3 is 3.12 bits per heavy atom. The van der Waals surface area contributed by atoms with Gasteiger partial charge < -0.3 is 10.1 Å². The lowest BCUT2D eigenvalue weighted by atomic mass is 10.2. The summed E-state index contributed by atoms with van der Waals surface area (Å²) in [7, 11) is 1.46. The maximum Gasteiger partial charge on any atom is 0.256 e. The van der Waals surface area contributed by atoms with Crippen LogP contribution in [0, 0.1) is 17.2 Å². The molecule has 0 aliphatic rings. The standard InChI is InChI=1S/C11H13N3O2/c1-8(6-12)7-14-10(15)9-4-3-5-13-11(9)16-2/h3-5,8H,7H2,1-2H3,(H,14,15). The Morgan fingerprint density at radius 1 is 1.75 bits per heavy atom. The Labute approximate surface area is 94.1 Å². The van der Waals surface area contributed by atoms with Crippen LogP contribution in [0.3, 0.4) is 0 Å². The van der Waals surface area contributed by atoms with Crippen molar-refractivity contribution in [3.8, 4) is 11.9 Å². The van der Waals surface area contributed by atoms with E-state index in [0.717, 1.165) is 0 Å². The minimum Gasteiger partial charge on any atom is -0.480 e. The minimum absolute atomic E-state index is 0.216. The Balaban J connectivity index is 2.70. The van der Waals surface area contributed by atoms with Gasteiger partial charge >= 0.3 is 0 Å². The number of amides is 1. The molecular weight excluding hydrogens is 206 g/mol. The third kappa shape index (κ3) is 2.95. The largest absolute Gasteiger partial charge is 0.480 e. The van der Waals surface area contributed by atoms with E-state index < -0.39 is 0 Å². The van der Waals surface area contributed by atoms with Gasteiger partial charge in [0, 0.05) is 12.7 Å². The number of nitrogens with zero attached hydrogens (tertiary/aromatic N) is 2. The predicted octanol–water partition coefficient (Wildman–Crippen LogP) is 0.980. The van der Waals surface area contributed by atoms with Crippen molar-refractivity contribution in [1.29, 1.82) is 5.26 Å². The highest BCUT2D eigenvalue weighted by Crippen LogP contribution is 2.12. The van der Waals surface area contributed by atoms with Crippen LogP contribution in [-0.4, -0.2) is 24.5 Å². The van der Waals surface area contributed by atoms with Crippen LogP contribution in [0.5, 0.6) is 5.88 Å². The zero-order chi connectivity index (χ0) is 12.0. The molecule has 1 aromatic heterocycles. The van der Waals surface area contributed by atoms with Crippen molar-refractivity contribution in [2.75, 3.05) is 13.7 Å². The first-order valence-corrected chi connectivity index (χ1v) is 4.86. The molecular formula is C11H13N3O2. The van der Waals surface area contributed by atoms with Crippen LogP contribution in [0.15, 0.2) is 18.3 Å². The second-order valence-electron chi connectivity index (χ2n) is 3.30. The molecule has 1 unspecified atom stereocenters. The molecule has 0 aromatic carbocycles. The highest BCUT2D eigenvalue weighted by atomic mass is 16.5. The van der Waals surface area contributed by atoms with Gasteiger partial charge in [-0.15, -0.1) is 0 Å². The third-order valence-electron chi connectivity index (χ3n) is 2.00. The van der Waals surface area contributed by atoms with Gasteiger partial charge in [0.05, 0.1) is 19.1 Å². The molecule has 1 amide bonds. The van der Waals surface area contributed by atoms with Gasteiger partial charge in [0.2, 0.25) is 5.88 Å². The average molecular weight is 219 g/mol. The van der Waals surface area contributed by atoms with Gasteiger partial charge in [0.15, 0.2) is 0 Å². The summed E-state index contributed by atoms with van der Waals surface area (Å²) in [5.74, 6) is -0.219. The van der Waals surface area contributed by atoms with Gasteiger partial charge in [-0.25, -0.2) is 4.98 Å². The van der Waals surface area contributed by atoms with Crippen molar-refractivity contribution in [3.05, 3.63) is 23.9 Å². The SMILES string of the molecule is COc1ncccc1C(=O)NCC(C)C#N. The number of carbonyl (C=O) groups is 1. The van der Waals surface area contributed by atoms with Gasteiger partial charge in [0.1, 0.15) is 5.56 Å². The minimum atomic E-state index is -0.285. The van der Waals surface area contributed by atoms with Crippen LogP contribution < -0.4 is 10.1 Å². The van der Waals surface area contributed by atoms with Crippen molar-refractivity contribution < 1.29 is 9.53 Å². The maximum atomic E-state index is 11.7. The first kappa shape index (κ1) is 12.0. The second-order valence-corrected chi connectivity index (χ2v) is 3.30. The van der Waals surface area contributed by atoms with E-state index in [2.05, 4.69) is 10.3 Å². The van der Waals surface area contributed by atoms with Crippen LogP contribution >= 0.6 is 0 Å². The van der Waals surface area contributed by atoms with E-state index in [1.807, 2.05) is 6.07 Å². The number of aromatic nitrogens is 1. The molecule has 16 heavy (non-hydrogen) atoms. The summed E-state index contributed by atoms with van der Waals surface area (Å²) in [6.07, 6.45) is 1.55. The Bertz CT molecular complexity index is 412. The van der Waals surface area contributed by atoms with Crippen molar-refractivity contribution >= 4 is 5.91 Å². The number of hydrogen-bond donors (Lipinski definition) is 1. The van der Waals surface area contributed by atoms with Gasteiger partial charge in [0.25, 0.3) is 5.91 Å². The molecule has 0 aliphatic heterocycles. The molecule has 0 spiro atoms. The molecule has 1 atom stereocenters. The molecule has 0 fully saturated rings. The molecule has 0 radical (unpaired) electrons. The fourth-order valence-corrected chi connectivity index (χ4v) is 1.11. The van der Waals surface area contributed by atoms with Crippen LogP contribution in [-0.2, 0) is 0 Å². The quantitative estimate of drug-likeness (QED) is 0.819. The lowest BCUT2D eigenvalue weighted by molar-refractivity contribution is 0.0947. The van der Waals surface area contributed by atoms with Crippen molar-refractivity contribution in [3.63, 3.8) is 0 Å². The van der Waals surface area contributed by atoms with Gasteiger partial charge in [-0.2, -0.15) is 5.26 Å². The molecule has 1 rings (SSSR count). The second kappa shape index (κ2) is 5.71. The van der Waals surface area contributed by atoms with E-state index in [9.17, 15) is 4.79 Å². The predicted molar refractivity (Wildman–Crippen MR) is 57.9 cm³/mol. The summed E-state index contributed by atoms with van der Waals surface area (Å²) in [6.45, 7) is 2.05. The van der Waals surface area contributed by atoms with E-state index in [-0.39, 0.29) is 17.7 Å². The fourth-order valence-electron chi connectivity index (χ4n) is 1.11. The number of ether oxygens (including phenoxy) is 1. The molecule has 1 heterocycles. The molecule has 0 saturated carbocycles. The highest BCUT2D eigenvalue weighted by Gasteiger charge is 2.12. The van der Waals surface area contributed by atoms with Gasteiger partial charge in [-0.3, -0.25) is 4.79 Å². The number of rotatable bonds is 4. The van der Waals surface area contributed by atoms with Crippen LogP contribution in [0.1, 0.15) is 17.3 Å². The van der Waals surface area contributed by atoms with Crippen LogP contribution in [0.2, 0.25) is 0 Å². The molecule has 1 N–H and O–H groups in total. The summed E-state index contributed by atoms with van der Waals surface area (Å²) in [5, 5.41) is 11.2. The number of nitriles is 1. The van der Waals surface area contributed by atoms with Crippen molar-refractivity contribution in [2.45, 2.75) is 6.92 Å². The average Bonchev–Trinajstić information content (AvgIpc) is 2.35. The Kier molecular flexibility index (Phi) is 4.28. The molecule has 1 aromatic rings. The normalized spacial score (nSPS) is 11.3. The number of nitrogens with one attached hydrogen (secondary N) is 1. The molecule has 0 saturated heterocycles. The van der Waals surface area contributed by atoms with E-state index in [1.165, 1.54) is 7.11 Å². The summed E-state index contributed by atoms with van der Waals surface area (Å²) < 4.78 is 4.96. The highest BCUT2D eigenvalue weighted by molar-refractivity contribution is 5.96. The van der Waals surface area contributed by atoms with Gasteiger partial charge in [-0.05, 0) is 19.1 Å². The smallest absolute Gasteiger partial charge is 0.256 e. The summed E-state index contributed by atoms with van der Waals surface area (Å²) in [6, 6.07) is 5.32. The lowest BCUT2D eigenvalue weighted by Gasteiger charge is -2.08. The number of pyridine rings is 1. The van der Waals surface area contributed by atoms with Crippen LogP contribution in [0.25, 0.3) is 0 Å². The zero-order valence-corrected chi connectivity index (χ0v) is 9.23. The van der Waals surface area contributed by atoms with E-state index in [4.69, 9.17) is 10.00 Å². The number of hydrogen-bond acceptors (Lipinski definition) is 4. The van der Waals surface area contributed by atoms with Crippen molar-refractivity contribution in [2.24, 2.45) is 5.92 Å². The zero-order valence-electron chi connectivity index (χ0n) is 9.23. The summed E-state index contributed by atoms with van der Waals surface area (Å²) in [4.78, 5) is 15.6. The molecule has 0 aliphatic carbocycles. The maximum absolute atomic E-state index is 11.7. The van der Waals surface area contributed by atoms with Gasteiger partial charge in [-0.1, -0.05) is 0 Å². The van der Waals surface area contributed by atoms with Crippen LogP contribution in [0.4, 0.5) is 0 Å². The first-order chi connectivity index (χ1) is 7.69. The first-order valence-electron chi connectivity index (χ1n) is 4.86. The fraction of sp³-hybridized carbons (Fsp3) is 0.364. The monoisotopic (exact) mass is 219 g/mol. The number of methoxy groups -OCH3 is 1. The molecule has 84 valence electrons.